The minimum Gasteiger partial charge on any atom is -0.325 e. The zero-order valence-corrected chi connectivity index (χ0v) is 15.3. The van der Waals surface area contributed by atoms with Gasteiger partial charge in [-0.3, -0.25) is 9.69 Å². The Bertz CT molecular complexity index is 703. The summed E-state index contributed by atoms with van der Waals surface area (Å²) in [6.45, 7) is 6.62. The van der Waals surface area contributed by atoms with Gasteiger partial charge < -0.3 is 5.32 Å². The number of anilines is 1. The summed E-state index contributed by atoms with van der Waals surface area (Å²) in [4.78, 5) is 14.6. The molecule has 1 saturated heterocycles. The van der Waals surface area contributed by atoms with E-state index in [1.54, 1.807) is 0 Å². The van der Waals surface area contributed by atoms with Crippen molar-refractivity contribution in [2.75, 3.05) is 25.0 Å². The molecule has 2 aromatic rings. The number of likely N-dealkylation sites (tertiary alicyclic amines) is 1. The molecule has 1 amide bonds. The van der Waals surface area contributed by atoms with E-state index in [1.165, 1.54) is 24.0 Å². The van der Waals surface area contributed by atoms with Crippen molar-refractivity contribution in [3.63, 3.8) is 0 Å². The third kappa shape index (κ3) is 5.17. The lowest BCUT2D eigenvalue weighted by Crippen LogP contribution is -2.39. The van der Waals surface area contributed by atoms with Crippen LogP contribution in [0, 0.1) is 19.8 Å². The highest BCUT2D eigenvalue weighted by Crippen LogP contribution is 2.22. The molecule has 1 fully saturated rings. The molecule has 25 heavy (non-hydrogen) atoms. The van der Waals surface area contributed by atoms with Crippen LogP contribution in [0.15, 0.2) is 48.5 Å². The van der Waals surface area contributed by atoms with Crippen LogP contribution >= 0.6 is 0 Å². The molecule has 3 rings (SSSR count). The van der Waals surface area contributed by atoms with Gasteiger partial charge in [-0.2, -0.15) is 0 Å². The number of amides is 1. The van der Waals surface area contributed by atoms with Crippen molar-refractivity contribution in [2.45, 2.75) is 33.1 Å². The van der Waals surface area contributed by atoms with E-state index in [9.17, 15) is 4.79 Å². The van der Waals surface area contributed by atoms with Crippen molar-refractivity contribution in [3.05, 3.63) is 65.2 Å². The second-order valence-electron chi connectivity index (χ2n) is 7.28. The van der Waals surface area contributed by atoms with Crippen molar-refractivity contribution < 1.29 is 4.79 Å². The fourth-order valence-electron chi connectivity index (χ4n) is 3.64. The fraction of sp³-hybridized carbons (Fsp3) is 0.409. The SMILES string of the molecule is Cc1ccc(NC(=O)CN2CCC(Cc3ccccc3)CC2)c(C)c1. The summed E-state index contributed by atoms with van der Waals surface area (Å²) in [5.74, 6) is 0.828. The maximum atomic E-state index is 12.3. The monoisotopic (exact) mass is 336 g/mol. The smallest absolute Gasteiger partial charge is 0.238 e. The number of rotatable bonds is 5. The summed E-state index contributed by atoms with van der Waals surface area (Å²) in [7, 11) is 0. The van der Waals surface area contributed by atoms with Gasteiger partial charge >= 0.3 is 0 Å². The minimum atomic E-state index is 0.0912. The standard InChI is InChI=1S/C22H28N2O/c1-17-8-9-21(18(2)14-17)23-22(25)16-24-12-10-20(11-13-24)15-19-6-4-3-5-7-19/h3-9,14,20H,10-13,15-16H2,1-2H3,(H,23,25). The molecule has 1 aliphatic rings. The lowest BCUT2D eigenvalue weighted by Gasteiger charge is -2.31. The highest BCUT2D eigenvalue weighted by Gasteiger charge is 2.21. The number of carbonyl (C=O) groups excluding carboxylic acids is 1. The predicted molar refractivity (Wildman–Crippen MR) is 104 cm³/mol. The van der Waals surface area contributed by atoms with E-state index in [1.807, 2.05) is 19.1 Å². The number of piperidine rings is 1. The Morgan fingerprint density at radius 2 is 1.80 bits per heavy atom. The van der Waals surface area contributed by atoms with Gasteiger partial charge in [-0.1, -0.05) is 48.0 Å². The first-order chi connectivity index (χ1) is 12.1. The van der Waals surface area contributed by atoms with E-state index in [-0.39, 0.29) is 5.91 Å². The summed E-state index contributed by atoms with van der Waals surface area (Å²) in [5, 5.41) is 3.06. The summed E-state index contributed by atoms with van der Waals surface area (Å²) >= 11 is 0. The van der Waals surface area contributed by atoms with Crippen molar-refractivity contribution in [1.82, 2.24) is 4.90 Å². The number of hydrogen-bond donors (Lipinski definition) is 1. The summed E-state index contributed by atoms with van der Waals surface area (Å²) in [6, 6.07) is 16.9. The number of hydrogen-bond acceptors (Lipinski definition) is 2. The molecule has 0 aliphatic carbocycles. The molecule has 0 atom stereocenters. The highest BCUT2D eigenvalue weighted by atomic mass is 16.2. The molecule has 0 bridgehead atoms. The largest absolute Gasteiger partial charge is 0.325 e. The Morgan fingerprint density at radius 1 is 1.08 bits per heavy atom. The van der Waals surface area contributed by atoms with Crippen molar-refractivity contribution in [1.29, 1.82) is 0 Å². The van der Waals surface area contributed by atoms with Crippen LogP contribution in [-0.4, -0.2) is 30.4 Å². The van der Waals surface area contributed by atoms with E-state index < -0.39 is 0 Å². The normalized spacial score (nSPS) is 15.9. The number of carbonyl (C=O) groups is 1. The number of aryl methyl sites for hydroxylation is 2. The molecule has 0 spiro atoms. The summed E-state index contributed by atoms with van der Waals surface area (Å²) < 4.78 is 0. The maximum Gasteiger partial charge on any atom is 0.238 e. The third-order valence-corrected chi connectivity index (χ3v) is 5.10. The van der Waals surface area contributed by atoms with Crippen molar-refractivity contribution >= 4 is 11.6 Å². The van der Waals surface area contributed by atoms with E-state index in [4.69, 9.17) is 0 Å². The van der Waals surface area contributed by atoms with Gasteiger partial charge in [0.25, 0.3) is 0 Å². The zero-order chi connectivity index (χ0) is 17.6. The average Bonchev–Trinajstić information content (AvgIpc) is 2.60. The topological polar surface area (TPSA) is 32.3 Å². The van der Waals surface area contributed by atoms with Crippen LogP contribution in [0.25, 0.3) is 0 Å². The molecule has 3 heteroatoms. The third-order valence-electron chi connectivity index (χ3n) is 5.10. The first kappa shape index (κ1) is 17.7. The van der Waals surface area contributed by atoms with E-state index in [2.05, 4.69) is 53.5 Å². The van der Waals surface area contributed by atoms with Crippen molar-refractivity contribution in [2.24, 2.45) is 5.92 Å². The Hall–Kier alpha value is -2.13. The predicted octanol–water partition coefficient (Wildman–Crippen LogP) is 4.20. The first-order valence-electron chi connectivity index (χ1n) is 9.23. The lowest BCUT2D eigenvalue weighted by atomic mass is 9.90. The molecule has 0 aromatic heterocycles. The van der Waals surface area contributed by atoms with Gasteiger partial charge in [0.05, 0.1) is 6.54 Å². The molecular weight excluding hydrogens is 308 g/mol. The molecule has 1 heterocycles. The van der Waals surface area contributed by atoms with Gasteiger partial charge in [0.15, 0.2) is 0 Å². The van der Waals surface area contributed by atoms with Crippen LogP contribution in [-0.2, 0) is 11.2 Å². The molecule has 0 unspecified atom stereocenters. The Labute approximate surface area is 151 Å². The molecule has 132 valence electrons. The molecule has 1 N–H and O–H groups in total. The van der Waals surface area contributed by atoms with E-state index in [0.717, 1.165) is 36.7 Å². The Kier molecular flexibility index (Phi) is 5.87. The van der Waals surface area contributed by atoms with Crippen LogP contribution in [0.1, 0.15) is 29.5 Å². The molecule has 1 aliphatic heterocycles. The molecule has 3 nitrogen and oxygen atoms in total. The summed E-state index contributed by atoms with van der Waals surface area (Å²) in [5.41, 5.74) is 4.69. The second kappa shape index (κ2) is 8.30. The van der Waals surface area contributed by atoms with Crippen LogP contribution in [0.4, 0.5) is 5.69 Å². The van der Waals surface area contributed by atoms with E-state index >= 15 is 0 Å². The average molecular weight is 336 g/mol. The van der Waals surface area contributed by atoms with Crippen LogP contribution in [0.2, 0.25) is 0 Å². The number of nitrogens with one attached hydrogen (secondary N) is 1. The molecule has 0 radical (unpaired) electrons. The van der Waals surface area contributed by atoms with Gasteiger partial charge in [0.1, 0.15) is 0 Å². The Balaban J connectivity index is 1.44. The van der Waals surface area contributed by atoms with Gasteiger partial charge in [0, 0.05) is 5.69 Å². The van der Waals surface area contributed by atoms with Gasteiger partial charge in [0.2, 0.25) is 5.91 Å². The highest BCUT2D eigenvalue weighted by molar-refractivity contribution is 5.93. The van der Waals surface area contributed by atoms with E-state index in [0.29, 0.717) is 6.54 Å². The molecule has 0 saturated carbocycles. The number of benzene rings is 2. The van der Waals surface area contributed by atoms with Gasteiger partial charge in [-0.25, -0.2) is 0 Å². The zero-order valence-electron chi connectivity index (χ0n) is 15.3. The van der Waals surface area contributed by atoms with Crippen LogP contribution in [0.5, 0.6) is 0 Å². The second-order valence-corrected chi connectivity index (χ2v) is 7.28. The van der Waals surface area contributed by atoms with Gasteiger partial charge in [-0.15, -0.1) is 0 Å². The Morgan fingerprint density at radius 3 is 2.48 bits per heavy atom. The number of nitrogens with zero attached hydrogens (tertiary/aromatic N) is 1. The summed E-state index contributed by atoms with van der Waals surface area (Å²) in [6.07, 6.45) is 3.50. The van der Waals surface area contributed by atoms with Gasteiger partial charge in [-0.05, 0) is 69.3 Å². The fourth-order valence-corrected chi connectivity index (χ4v) is 3.64. The van der Waals surface area contributed by atoms with Crippen molar-refractivity contribution in [3.8, 4) is 0 Å². The molecular formula is C22H28N2O. The van der Waals surface area contributed by atoms with Crippen LogP contribution < -0.4 is 5.32 Å². The first-order valence-corrected chi connectivity index (χ1v) is 9.23. The lowest BCUT2D eigenvalue weighted by molar-refractivity contribution is -0.117. The van der Waals surface area contributed by atoms with Crippen LogP contribution in [0.3, 0.4) is 0 Å². The maximum absolute atomic E-state index is 12.3. The minimum absolute atomic E-state index is 0.0912. The quantitative estimate of drug-likeness (QED) is 0.887. The molecule has 2 aromatic carbocycles.